The van der Waals surface area contributed by atoms with Gasteiger partial charge in [0.05, 0.1) is 19.9 Å². The van der Waals surface area contributed by atoms with Crippen molar-refractivity contribution in [2.45, 2.75) is 26.7 Å². The lowest BCUT2D eigenvalue weighted by Crippen LogP contribution is -2.17. The first-order chi connectivity index (χ1) is 12.1. The highest BCUT2D eigenvalue weighted by molar-refractivity contribution is 6.04. The highest BCUT2D eigenvalue weighted by atomic mass is 16.5. The van der Waals surface area contributed by atoms with Gasteiger partial charge in [0.1, 0.15) is 17.2 Å². The fourth-order valence-corrected chi connectivity index (χ4v) is 2.23. The smallest absolute Gasteiger partial charge is 0.274 e. The molecule has 0 saturated carbocycles. The third-order valence-corrected chi connectivity index (χ3v) is 3.56. The molecule has 2 N–H and O–H groups in total. The number of nitrogens with one attached hydrogen (secondary N) is 2. The molecule has 2 rings (SSSR count). The lowest BCUT2D eigenvalue weighted by atomic mass is 10.2. The van der Waals surface area contributed by atoms with Crippen LogP contribution in [0.1, 0.15) is 35.9 Å². The molecule has 0 radical (unpaired) electrons. The van der Waals surface area contributed by atoms with Gasteiger partial charge in [0.25, 0.3) is 5.91 Å². The molecule has 0 saturated heterocycles. The van der Waals surface area contributed by atoms with Crippen LogP contribution in [0.4, 0.5) is 11.6 Å². The molecule has 0 fully saturated rings. The molecule has 1 aromatic carbocycles. The van der Waals surface area contributed by atoms with E-state index in [2.05, 4.69) is 27.5 Å². The first kappa shape index (κ1) is 18.5. The molecule has 7 nitrogen and oxygen atoms in total. The summed E-state index contributed by atoms with van der Waals surface area (Å²) in [4.78, 5) is 21.2. The third kappa shape index (κ3) is 5.07. The van der Waals surface area contributed by atoms with E-state index in [1.807, 2.05) is 6.92 Å². The number of rotatable bonds is 8. The van der Waals surface area contributed by atoms with Gasteiger partial charge in [0.2, 0.25) is 5.95 Å². The second kappa shape index (κ2) is 8.86. The molecule has 0 aliphatic carbocycles. The van der Waals surface area contributed by atoms with E-state index in [1.54, 1.807) is 31.4 Å². The predicted molar refractivity (Wildman–Crippen MR) is 97.7 cm³/mol. The summed E-state index contributed by atoms with van der Waals surface area (Å²) in [6, 6.07) is 6.83. The van der Waals surface area contributed by atoms with Gasteiger partial charge in [-0.2, -0.15) is 0 Å². The number of aromatic nitrogens is 2. The molecule has 0 bridgehead atoms. The van der Waals surface area contributed by atoms with Gasteiger partial charge in [-0.3, -0.25) is 4.79 Å². The van der Waals surface area contributed by atoms with Crippen LogP contribution in [0.3, 0.4) is 0 Å². The molecule has 1 amide bonds. The van der Waals surface area contributed by atoms with Crippen molar-refractivity contribution in [2.24, 2.45) is 0 Å². The minimum atomic E-state index is -0.326. The molecular weight excluding hydrogens is 320 g/mol. The van der Waals surface area contributed by atoms with Crippen LogP contribution in [-0.2, 0) is 0 Å². The second-order valence-corrected chi connectivity index (χ2v) is 5.52. The van der Waals surface area contributed by atoms with E-state index in [9.17, 15) is 4.79 Å². The Balaban J connectivity index is 2.17. The first-order valence-corrected chi connectivity index (χ1v) is 8.20. The van der Waals surface area contributed by atoms with Crippen molar-refractivity contribution in [3.05, 3.63) is 35.7 Å². The van der Waals surface area contributed by atoms with Crippen molar-refractivity contribution in [3.63, 3.8) is 0 Å². The Morgan fingerprint density at radius 1 is 1.16 bits per heavy atom. The number of hydrogen-bond acceptors (Lipinski definition) is 6. The fourth-order valence-electron chi connectivity index (χ4n) is 2.23. The summed E-state index contributed by atoms with van der Waals surface area (Å²) in [5.74, 6) is 1.29. The van der Waals surface area contributed by atoms with Crippen molar-refractivity contribution in [2.75, 3.05) is 31.4 Å². The molecule has 0 unspecified atom stereocenters. The van der Waals surface area contributed by atoms with Gasteiger partial charge in [0.15, 0.2) is 0 Å². The molecule has 25 heavy (non-hydrogen) atoms. The Labute approximate surface area is 147 Å². The summed E-state index contributed by atoms with van der Waals surface area (Å²) in [7, 11) is 3.11. The van der Waals surface area contributed by atoms with Gasteiger partial charge in [-0.05, 0) is 31.5 Å². The number of nitrogens with zero attached hydrogens (tertiary/aromatic N) is 2. The first-order valence-electron chi connectivity index (χ1n) is 8.20. The number of amides is 1. The maximum Gasteiger partial charge on any atom is 0.274 e. The van der Waals surface area contributed by atoms with E-state index in [0.29, 0.717) is 28.8 Å². The third-order valence-electron chi connectivity index (χ3n) is 3.56. The second-order valence-electron chi connectivity index (χ2n) is 5.52. The van der Waals surface area contributed by atoms with Crippen LogP contribution >= 0.6 is 0 Å². The lowest BCUT2D eigenvalue weighted by molar-refractivity contribution is 0.102. The van der Waals surface area contributed by atoms with Crippen molar-refractivity contribution in [3.8, 4) is 11.5 Å². The van der Waals surface area contributed by atoms with E-state index < -0.39 is 0 Å². The summed E-state index contributed by atoms with van der Waals surface area (Å²) >= 11 is 0. The number of hydrogen-bond donors (Lipinski definition) is 2. The van der Waals surface area contributed by atoms with Crippen LogP contribution in [0.25, 0.3) is 0 Å². The minimum absolute atomic E-state index is 0.296. The molecule has 0 aliphatic heterocycles. The molecule has 7 heteroatoms. The number of ether oxygens (including phenoxy) is 2. The van der Waals surface area contributed by atoms with Crippen LogP contribution in [0.15, 0.2) is 24.3 Å². The standard InChI is InChI=1S/C18H24N4O3/c1-5-6-9-19-18-20-12(2)10-15(22-18)17(23)21-14-8-7-13(24-3)11-16(14)25-4/h7-8,10-11H,5-6,9H2,1-4H3,(H,21,23)(H,19,20,22). The molecule has 0 atom stereocenters. The molecule has 1 aromatic heterocycles. The van der Waals surface area contributed by atoms with E-state index in [0.717, 1.165) is 25.1 Å². The Hall–Kier alpha value is -2.83. The van der Waals surface area contributed by atoms with E-state index in [1.165, 1.54) is 7.11 Å². The van der Waals surface area contributed by atoms with Crippen molar-refractivity contribution >= 4 is 17.5 Å². The molecular formula is C18H24N4O3. The topological polar surface area (TPSA) is 85.4 Å². The maximum atomic E-state index is 12.6. The van der Waals surface area contributed by atoms with Crippen LogP contribution in [0, 0.1) is 6.92 Å². The molecule has 134 valence electrons. The summed E-state index contributed by atoms with van der Waals surface area (Å²) in [6.07, 6.45) is 2.09. The maximum absolute atomic E-state index is 12.6. The minimum Gasteiger partial charge on any atom is -0.497 e. The summed E-state index contributed by atoms with van der Waals surface area (Å²) < 4.78 is 10.5. The quantitative estimate of drug-likeness (QED) is 0.715. The van der Waals surface area contributed by atoms with Crippen LogP contribution < -0.4 is 20.1 Å². The van der Waals surface area contributed by atoms with Gasteiger partial charge in [-0.25, -0.2) is 9.97 Å². The number of unbranched alkanes of at least 4 members (excludes halogenated alkanes) is 1. The normalized spacial score (nSPS) is 10.2. The summed E-state index contributed by atoms with van der Waals surface area (Å²) in [5.41, 5.74) is 1.57. The predicted octanol–water partition coefficient (Wildman–Crippen LogP) is 3.27. The zero-order chi connectivity index (χ0) is 18.2. The van der Waals surface area contributed by atoms with Gasteiger partial charge < -0.3 is 20.1 Å². The SMILES string of the molecule is CCCCNc1nc(C)cc(C(=O)Nc2ccc(OC)cc2OC)n1. The highest BCUT2D eigenvalue weighted by Gasteiger charge is 2.14. The summed E-state index contributed by atoms with van der Waals surface area (Å²) in [6.45, 7) is 4.71. The van der Waals surface area contributed by atoms with Crippen LogP contribution in [0.5, 0.6) is 11.5 Å². The van der Waals surface area contributed by atoms with Crippen molar-refractivity contribution in [1.29, 1.82) is 0 Å². The number of aryl methyl sites for hydroxylation is 1. The molecule has 0 spiro atoms. The zero-order valence-electron chi connectivity index (χ0n) is 15.0. The number of carbonyl (C=O) groups excluding carboxylic acids is 1. The fraction of sp³-hybridized carbons (Fsp3) is 0.389. The van der Waals surface area contributed by atoms with Crippen molar-refractivity contribution < 1.29 is 14.3 Å². The van der Waals surface area contributed by atoms with Gasteiger partial charge in [0, 0.05) is 18.3 Å². The van der Waals surface area contributed by atoms with Crippen molar-refractivity contribution in [1.82, 2.24) is 9.97 Å². The Kier molecular flexibility index (Phi) is 6.56. The monoisotopic (exact) mass is 344 g/mol. The Bertz CT molecular complexity index is 734. The molecule has 1 heterocycles. The average molecular weight is 344 g/mol. The number of carbonyl (C=O) groups is 1. The van der Waals surface area contributed by atoms with E-state index in [4.69, 9.17) is 9.47 Å². The Morgan fingerprint density at radius 2 is 1.96 bits per heavy atom. The largest absolute Gasteiger partial charge is 0.497 e. The van der Waals surface area contributed by atoms with Gasteiger partial charge in [-0.15, -0.1) is 0 Å². The van der Waals surface area contributed by atoms with E-state index in [-0.39, 0.29) is 5.91 Å². The number of anilines is 2. The van der Waals surface area contributed by atoms with E-state index >= 15 is 0 Å². The number of benzene rings is 1. The summed E-state index contributed by atoms with van der Waals surface area (Å²) in [5, 5.41) is 5.95. The Morgan fingerprint density at radius 3 is 2.64 bits per heavy atom. The molecule has 2 aromatic rings. The van der Waals surface area contributed by atoms with Gasteiger partial charge >= 0.3 is 0 Å². The zero-order valence-corrected chi connectivity index (χ0v) is 15.0. The average Bonchev–Trinajstić information content (AvgIpc) is 2.61. The van der Waals surface area contributed by atoms with Gasteiger partial charge in [-0.1, -0.05) is 13.3 Å². The van der Waals surface area contributed by atoms with Crippen LogP contribution in [-0.4, -0.2) is 36.6 Å². The molecule has 0 aliphatic rings. The lowest BCUT2D eigenvalue weighted by Gasteiger charge is -2.12. The highest BCUT2D eigenvalue weighted by Crippen LogP contribution is 2.29. The van der Waals surface area contributed by atoms with Crippen LogP contribution in [0.2, 0.25) is 0 Å². The number of methoxy groups -OCH3 is 2.